The molecule has 0 saturated heterocycles. The molecule has 0 aliphatic rings. The van der Waals surface area contributed by atoms with Gasteiger partial charge in [0.25, 0.3) is 6.10 Å². The Bertz CT molecular complexity index is 1520. The lowest BCUT2D eigenvalue weighted by atomic mass is 10.1. The second-order valence-electron chi connectivity index (χ2n) is 8.85. The molecule has 0 saturated carbocycles. The van der Waals surface area contributed by atoms with E-state index < -0.39 is 18.0 Å². The van der Waals surface area contributed by atoms with Gasteiger partial charge in [0.2, 0.25) is 5.91 Å². The molecular weight excluding hydrogens is 566 g/mol. The van der Waals surface area contributed by atoms with E-state index in [2.05, 4.69) is 5.32 Å². The molecule has 0 heterocycles. The van der Waals surface area contributed by atoms with E-state index in [0.717, 1.165) is 26.7 Å². The van der Waals surface area contributed by atoms with Crippen molar-refractivity contribution in [1.82, 2.24) is 0 Å². The molecule has 4 rings (SSSR count). The van der Waals surface area contributed by atoms with E-state index in [9.17, 15) is 14.4 Å². The zero-order chi connectivity index (χ0) is 29.2. The number of anilines is 1. The van der Waals surface area contributed by atoms with Crippen molar-refractivity contribution in [3.8, 4) is 11.5 Å². The Hall–Kier alpha value is -4.47. The maximum atomic E-state index is 12.5. The van der Waals surface area contributed by atoms with Crippen LogP contribution in [0.3, 0.4) is 0 Å². The van der Waals surface area contributed by atoms with E-state index >= 15 is 0 Å². The van der Waals surface area contributed by atoms with Crippen molar-refractivity contribution < 1.29 is 34.1 Å². The third-order valence-electron chi connectivity index (χ3n) is 5.76. The average molecular weight is 592 g/mol. The molecular formula is C31H26ClNO7S. The third kappa shape index (κ3) is 9.02. The Labute approximate surface area is 245 Å². The maximum Gasteiger partial charge on any atom is 0.356 e. The number of carbonyl (C=O) groups excluding carboxylic acids is 1. The summed E-state index contributed by atoms with van der Waals surface area (Å²) in [6.07, 6.45) is -1.51. The predicted octanol–water partition coefficient (Wildman–Crippen LogP) is 6.56. The minimum absolute atomic E-state index is 0.00188. The number of aliphatic carboxylic acids is 2. The second-order valence-corrected chi connectivity index (χ2v) is 10.4. The summed E-state index contributed by atoms with van der Waals surface area (Å²) in [6.45, 7) is 0.484. The van der Waals surface area contributed by atoms with Gasteiger partial charge in [0.05, 0.1) is 0 Å². The highest BCUT2D eigenvalue weighted by Gasteiger charge is 2.28. The first-order chi connectivity index (χ1) is 19.8. The van der Waals surface area contributed by atoms with Crippen LogP contribution in [0.15, 0.2) is 107 Å². The van der Waals surface area contributed by atoms with E-state index in [4.69, 9.17) is 31.3 Å². The van der Waals surface area contributed by atoms with Crippen molar-refractivity contribution in [2.45, 2.75) is 35.3 Å². The molecule has 41 heavy (non-hydrogen) atoms. The first-order valence-electron chi connectivity index (χ1n) is 12.5. The largest absolute Gasteiger partial charge is 0.489 e. The Morgan fingerprint density at radius 2 is 1.51 bits per heavy atom. The van der Waals surface area contributed by atoms with Gasteiger partial charge in [-0.2, -0.15) is 0 Å². The predicted molar refractivity (Wildman–Crippen MR) is 156 cm³/mol. The number of amides is 1. The van der Waals surface area contributed by atoms with Crippen LogP contribution < -0.4 is 14.8 Å². The minimum Gasteiger partial charge on any atom is -0.489 e. The monoisotopic (exact) mass is 591 g/mol. The van der Waals surface area contributed by atoms with Crippen LogP contribution in [0.4, 0.5) is 5.69 Å². The molecule has 0 radical (unpaired) electrons. The zero-order valence-corrected chi connectivity index (χ0v) is 23.2. The van der Waals surface area contributed by atoms with Crippen LogP contribution >= 0.6 is 23.4 Å². The number of carboxylic acid groups (broad SMARTS) is 2. The van der Waals surface area contributed by atoms with E-state index in [1.54, 1.807) is 17.8 Å². The van der Waals surface area contributed by atoms with Crippen molar-refractivity contribution in [2.24, 2.45) is 0 Å². The number of nitrogens with one attached hydrogen (secondary N) is 1. The normalized spacial score (nSPS) is 10.7. The molecule has 1 amide bonds. The Balaban J connectivity index is 1.30. The van der Waals surface area contributed by atoms with Crippen LogP contribution in [0.2, 0.25) is 5.02 Å². The van der Waals surface area contributed by atoms with E-state index in [0.29, 0.717) is 23.7 Å². The summed E-state index contributed by atoms with van der Waals surface area (Å²) in [7, 11) is 0. The van der Waals surface area contributed by atoms with Crippen molar-refractivity contribution in [3.05, 3.63) is 113 Å². The lowest BCUT2D eigenvalue weighted by Crippen LogP contribution is -2.35. The van der Waals surface area contributed by atoms with Gasteiger partial charge in [-0.15, -0.1) is 0 Å². The Morgan fingerprint density at radius 3 is 2.24 bits per heavy atom. The van der Waals surface area contributed by atoms with Gasteiger partial charge in [-0.3, -0.25) is 4.79 Å². The van der Waals surface area contributed by atoms with Gasteiger partial charge in [-0.1, -0.05) is 71.9 Å². The molecule has 0 aliphatic heterocycles. The van der Waals surface area contributed by atoms with Gasteiger partial charge in [0.15, 0.2) is 0 Å². The van der Waals surface area contributed by atoms with Crippen LogP contribution in [-0.2, 0) is 27.4 Å². The standard InChI is InChI=1S/C31H26ClNO7S/c32-27-18-26(41-25-11-5-9-23(17-25)39-19-20-6-2-1-3-7-20)14-12-21(27)13-15-28(34)33-22-8-4-10-24(16-22)40-29(30(35)36)31(37)38/h1-12,14,16-18,29H,13,15,19H2,(H,33,34)(H,35,36)(H,37,38). The smallest absolute Gasteiger partial charge is 0.356 e. The number of hydrogen-bond acceptors (Lipinski definition) is 6. The summed E-state index contributed by atoms with van der Waals surface area (Å²) in [5, 5.41) is 21.2. The first kappa shape index (κ1) is 29.5. The molecule has 0 spiro atoms. The Morgan fingerprint density at radius 1 is 0.805 bits per heavy atom. The van der Waals surface area contributed by atoms with Crippen LogP contribution in [0.25, 0.3) is 0 Å². The van der Waals surface area contributed by atoms with E-state index in [-0.39, 0.29) is 18.1 Å². The Kier molecular flexibility index (Phi) is 10.3. The molecule has 0 bridgehead atoms. The molecule has 0 unspecified atom stereocenters. The van der Waals surface area contributed by atoms with Gasteiger partial charge in [-0.05, 0) is 60.0 Å². The van der Waals surface area contributed by atoms with Gasteiger partial charge >= 0.3 is 11.9 Å². The lowest BCUT2D eigenvalue weighted by Gasteiger charge is -2.12. The molecule has 10 heteroatoms. The molecule has 0 atom stereocenters. The van der Waals surface area contributed by atoms with Crippen LogP contribution in [0.5, 0.6) is 11.5 Å². The van der Waals surface area contributed by atoms with Crippen LogP contribution in [-0.4, -0.2) is 34.2 Å². The van der Waals surface area contributed by atoms with Crippen LogP contribution in [0, 0.1) is 0 Å². The number of hydrogen-bond donors (Lipinski definition) is 3. The molecule has 0 aliphatic carbocycles. The summed E-state index contributed by atoms with van der Waals surface area (Å²) in [6, 6.07) is 29.3. The maximum absolute atomic E-state index is 12.5. The number of carbonyl (C=O) groups is 3. The molecule has 3 N–H and O–H groups in total. The summed E-state index contributed by atoms with van der Waals surface area (Å²) in [5.41, 5.74) is 2.25. The van der Waals surface area contributed by atoms with Crippen molar-refractivity contribution in [1.29, 1.82) is 0 Å². The van der Waals surface area contributed by atoms with Gasteiger partial charge < -0.3 is 25.0 Å². The molecule has 4 aromatic rings. The van der Waals surface area contributed by atoms with Gasteiger partial charge in [-0.25, -0.2) is 9.59 Å². The highest BCUT2D eigenvalue weighted by atomic mass is 35.5. The lowest BCUT2D eigenvalue weighted by molar-refractivity contribution is -0.159. The number of benzene rings is 4. The van der Waals surface area contributed by atoms with Crippen LogP contribution in [0.1, 0.15) is 17.5 Å². The third-order valence-corrected chi connectivity index (χ3v) is 7.09. The molecule has 4 aromatic carbocycles. The quantitative estimate of drug-likeness (QED) is 0.149. The zero-order valence-electron chi connectivity index (χ0n) is 21.7. The van der Waals surface area contributed by atoms with Gasteiger partial charge in [0, 0.05) is 33.0 Å². The number of aryl methyl sites for hydroxylation is 1. The molecule has 0 fully saturated rings. The fourth-order valence-corrected chi connectivity index (χ4v) is 5.01. The minimum atomic E-state index is -2.05. The fourth-order valence-electron chi connectivity index (χ4n) is 3.76. The summed E-state index contributed by atoms with van der Waals surface area (Å²) >= 11 is 8.08. The van der Waals surface area contributed by atoms with E-state index in [1.807, 2.05) is 72.8 Å². The number of halogens is 1. The molecule has 8 nitrogen and oxygen atoms in total. The highest BCUT2D eigenvalue weighted by molar-refractivity contribution is 7.99. The molecule has 210 valence electrons. The van der Waals surface area contributed by atoms with Gasteiger partial charge in [0.1, 0.15) is 18.1 Å². The first-order valence-corrected chi connectivity index (χ1v) is 13.7. The SMILES string of the molecule is O=C(CCc1ccc(Sc2cccc(OCc3ccccc3)c2)cc1Cl)Nc1cccc(OC(C(=O)O)C(=O)O)c1. The second kappa shape index (κ2) is 14.2. The number of ether oxygens (including phenoxy) is 2. The van der Waals surface area contributed by atoms with Crippen molar-refractivity contribution in [3.63, 3.8) is 0 Å². The highest BCUT2D eigenvalue weighted by Crippen LogP contribution is 2.33. The summed E-state index contributed by atoms with van der Waals surface area (Å²) < 4.78 is 10.9. The number of rotatable bonds is 13. The average Bonchev–Trinajstić information content (AvgIpc) is 2.95. The topological polar surface area (TPSA) is 122 Å². The fraction of sp³-hybridized carbons (Fsp3) is 0.129. The van der Waals surface area contributed by atoms with Crippen molar-refractivity contribution >= 4 is 46.9 Å². The van der Waals surface area contributed by atoms with E-state index in [1.165, 1.54) is 18.2 Å². The number of carboxylic acids is 2. The summed E-state index contributed by atoms with van der Waals surface area (Å²) in [5.74, 6) is -2.78. The van der Waals surface area contributed by atoms with Crippen molar-refractivity contribution in [2.75, 3.05) is 5.32 Å². The summed E-state index contributed by atoms with van der Waals surface area (Å²) in [4.78, 5) is 36.6. The molecule has 0 aromatic heterocycles.